The van der Waals surface area contributed by atoms with E-state index in [4.69, 9.17) is 18.9 Å². The van der Waals surface area contributed by atoms with Gasteiger partial charge in [0.15, 0.2) is 24.1 Å². The van der Waals surface area contributed by atoms with Gasteiger partial charge in [0, 0.05) is 69.8 Å². The van der Waals surface area contributed by atoms with Gasteiger partial charge in [0.05, 0.1) is 41.0 Å². The van der Waals surface area contributed by atoms with Gasteiger partial charge in [0.1, 0.15) is 12.4 Å². The first-order chi connectivity index (χ1) is 32.5. The molecule has 8 rings (SSSR count). The first-order valence-corrected chi connectivity index (χ1v) is 22.9. The lowest BCUT2D eigenvalue weighted by atomic mass is 10.00. The van der Waals surface area contributed by atoms with Gasteiger partial charge < -0.3 is 43.6 Å². The Kier molecular flexibility index (Phi) is 14.6. The van der Waals surface area contributed by atoms with E-state index in [0.717, 1.165) is 36.8 Å². The number of hydrogen-bond acceptors (Lipinski definition) is 10. The van der Waals surface area contributed by atoms with Crippen LogP contribution in [0.5, 0.6) is 5.75 Å². The fourth-order valence-corrected chi connectivity index (χ4v) is 8.84. The molecule has 0 radical (unpaired) electrons. The van der Waals surface area contributed by atoms with E-state index >= 15 is 0 Å². The van der Waals surface area contributed by atoms with Gasteiger partial charge in [-0.15, -0.1) is 0 Å². The number of imidazole rings is 1. The van der Waals surface area contributed by atoms with Crippen LogP contribution in [0, 0.1) is 6.92 Å². The van der Waals surface area contributed by atoms with Crippen LogP contribution in [0.3, 0.4) is 0 Å². The summed E-state index contributed by atoms with van der Waals surface area (Å²) < 4.78 is 27.8. The van der Waals surface area contributed by atoms with Gasteiger partial charge in [-0.3, -0.25) is 19.2 Å². The summed E-state index contributed by atoms with van der Waals surface area (Å²) in [4.78, 5) is 75.5. The summed E-state index contributed by atoms with van der Waals surface area (Å²) >= 11 is 0. The number of piperidine rings is 1. The molecule has 2 saturated heterocycles. The molecule has 2 fully saturated rings. The summed E-state index contributed by atoms with van der Waals surface area (Å²) in [7, 11) is 3.52. The number of ether oxygens (including phenoxy) is 4. The third-order valence-corrected chi connectivity index (χ3v) is 12.2. The number of amides is 4. The van der Waals surface area contributed by atoms with Crippen molar-refractivity contribution in [3.05, 3.63) is 126 Å². The number of nitrogens with one attached hydrogen (secondary N) is 2. The molecule has 2 N–H and O–H groups in total. The Balaban J connectivity index is 0.874. The molecule has 350 valence electrons. The largest absolute Gasteiger partial charge is 0.493 e. The van der Waals surface area contributed by atoms with Crippen molar-refractivity contribution in [2.24, 2.45) is 14.1 Å². The highest BCUT2D eigenvalue weighted by molar-refractivity contribution is 6.06. The average Bonchev–Trinajstić information content (AvgIpc) is 3.89. The number of carbonyl (C=O) groups excluding carboxylic acids is 5. The van der Waals surface area contributed by atoms with E-state index < -0.39 is 24.7 Å². The van der Waals surface area contributed by atoms with E-state index in [1.54, 1.807) is 53.8 Å². The Labute approximate surface area is 389 Å². The Morgan fingerprint density at radius 1 is 0.910 bits per heavy atom. The highest BCUT2D eigenvalue weighted by Gasteiger charge is 2.46. The number of aryl methyl sites for hydroxylation is 3. The van der Waals surface area contributed by atoms with Crippen molar-refractivity contribution >= 4 is 46.7 Å². The van der Waals surface area contributed by atoms with Gasteiger partial charge in [-0.2, -0.15) is 0 Å². The fraction of sp³-hybridized carbons (Fsp3) is 0.373. The maximum Gasteiger partial charge on any atom is 0.416 e. The molecule has 0 bridgehead atoms. The van der Waals surface area contributed by atoms with Gasteiger partial charge in [0.25, 0.3) is 11.8 Å². The zero-order valence-electron chi connectivity index (χ0n) is 38.2. The molecule has 3 aliphatic rings. The van der Waals surface area contributed by atoms with E-state index in [1.807, 2.05) is 66.4 Å². The van der Waals surface area contributed by atoms with E-state index in [0.29, 0.717) is 77.7 Å². The molecule has 3 aromatic carbocycles. The first kappa shape index (κ1) is 46.5. The lowest BCUT2D eigenvalue weighted by Gasteiger charge is -2.42. The molecular formula is C51H57N7O9. The van der Waals surface area contributed by atoms with Crippen molar-refractivity contribution < 1.29 is 42.9 Å². The number of aromatic nitrogens is 3. The molecule has 3 atom stereocenters. The number of benzene rings is 3. The van der Waals surface area contributed by atoms with Crippen LogP contribution < -0.4 is 20.3 Å². The monoisotopic (exact) mass is 911 g/mol. The summed E-state index contributed by atoms with van der Waals surface area (Å²) in [6.07, 6.45) is 8.45. The smallest absolute Gasteiger partial charge is 0.416 e. The van der Waals surface area contributed by atoms with Crippen LogP contribution in [0.4, 0.5) is 21.9 Å². The topological polar surface area (TPSA) is 176 Å². The molecule has 4 amide bonds. The molecule has 3 aliphatic heterocycles. The molecule has 5 aromatic rings. The van der Waals surface area contributed by atoms with E-state index in [-0.39, 0.29) is 55.4 Å². The summed E-state index contributed by atoms with van der Waals surface area (Å²) in [6, 6.07) is 21.4. The number of ketones is 1. The molecular weight excluding hydrogens is 855 g/mol. The lowest BCUT2D eigenvalue weighted by molar-refractivity contribution is -0.198. The standard InChI is InChI=1S/C51H57N7O9/c1-5-24-66-51(63)58-41-30-44(33(2)27-38(41)49(62)57-23-11-9-16-40(57)50(58)67-46-18-10-12-25-65-46)64-26-13-17-45(60)52-37-29-42(55(3)31-37)43(59)28-34-19-21-35(22-20-34)39-32-56(4)47(54-39)48(61)53-36-14-7-6-8-15-36/h5-8,14-15,19-22,27,29-32,40,46,50H,1,9-13,16-18,23-26,28H2,2-4H3,(H,52,60)(H,53,61)/t40-,46?,50?/m0/s1. The summed E-state index contributed by atoms with van der Waals surface area (Å²) in [5, 5.41) is 5.76. The first-order valence-electron chi connectivity index (χ1n) is 22.9. The third-order valence-electron chi connectivity index (χ3n) is 12.2. The molecule has 2 aromatic heterocycles. The summed E-state index contributed by atoms with van der Waals surface area (Å²) in [5.74, 6) is -0.151. The van der Waals surface area contributed by atoms with Crippen molar-refractivity contribution in [2.75, 3.05) is 41.9 Å². The van der Waals surface area contributed by atoms with Crippen LogP contribution in [-0.2, 0) is 39.5 Å². The number of fused-ring (bicyclic) bond motifs is 2. The molecule has 16 heteroatoms. The summed E-state index contributed by atoms with van der Waals surface area (Å²) in [5.41, 5.74) is 5.22. The number of nitrogens with zero attached hydrogens (tertiary/aromatic N) is 5. The molecule has 5 heterocycles. The van der Waals surface area contributed by atoms with Crippen LogP contribution in [0.25, 0.3) is 11.3 Å². The number of carbonyl (C=O) groups is 5. The molecule has 2 unspecified atom stereocenters. The Morgan fingerprint density at radius 2 is 1.70 bits per heavy atom. The number of para-hydroxylation sites is 1. The van der Waals surface area contributed by atoms with Gasteiger partial charge in [0.2, 0.25) is 5.91 Å². The van der Waals surface area contributed by atoms with E-state index in [9.17, 15) is 24.0 Å². The van der Waals surface area contributed by atoms with Crippen LogP contribution in [0.1, 0.15) is 94.0 Å². The zero-order valence-corrected chi connectivity index (χ0v) is 38.2. The Hall–Kier alpha value is -7.04. The molecule has 67 heavy (non-hydrogen) atoms. The highest BCUT2D eigenvalue weighted by atomic mass is 16.7. The van der Waals surface area contributed by atoms with Crippen molar-refractivity contribution in [3.8, 4) is 17.0 Å². The van der Waals surface area contributed by atoms with Crippen LogP contribution in [0.2, 0.25) is 0 Å². The predicted octanol–water partition coefficient (Wildman–Crippen LogP) is 8.22. The fourth-order valence-electron chi connectivity index (χ4n) is 8.84. The third kappa shape index (κ3) is 10.8. The zero-order chi connectivity index (χ0) is 47.0. The lowest BCUT2D eigenvalue weighted by Crippen LogP contribution is -2.57. The minimum atomic E-state index is -0.860. The van der Waals surface area contributed by atoms with Crippen molar-refractivity contribution in [3.63, 3.8) is 0 Å². The normalized spacial score (nSPS) is 18.0. The molecule has 16 nitrogen and oxygen atoms in total. The van der Waals surface area contributed by atoms with Crippen LogP contribution in [-0.4, -0.2) is 93.5 Å². The predicted molar refractivity (Wildman–Crippen MR) is 252 cm³/mol. The van der Waals surface area contributed by atoms with Crippen LogP contribution >= 0.6 is 0 Å². The Morgan fingerprint density at radius 3 is 2.46 bits per heavy atom. The minimum absolute atomic E-state index is 0.0258. The molecule has 0 spiro atoms. The average molecular weight is 912 g/mol. The highest BCUT2D eigenvalue weighted by Crippen LogP contribution is 2.40. The maximum absolute atomic E-state index is 14.2. The van der Waals surface area contributed by atoms with E-state index in [1.165, 1.54) is 11.0 Å². The second kappa shape index (κ2) is 21.1. The van der Waals surface area contributed by atoms with Gasteiger partial charge in [-0.1, -0.05) is 55.1 Å². The van der Waals surface area contributed by atoms with Gasteiger partial charge in [-0.25, -0.2) is 14.7 Å². The van der Waals surface area contributed by atoms with Crippen molar-refractivity contribution in [2.45, 2.75) is 83.3 Å². The van der Waals surface area contributed by atoms with Crippen LogP contribution in [0.15, 0.2) is 97.8 Å². The molecule has 0 saturated carbocycles. The number of rotatable bonds is 16. The number of Topliss-reactive ketones (excluding diaryl/α,β-unsaturated/α-hetero) is 1. The van der Waals surface area contributed by atoms with Gasteiger partial charge in [-0.05, 0) is 87.3 Å². The SMILES string of the molecule is C=CCOC(=O)N1c2cc(OCCCC(=O)Nc3cc(C(=O)Cc4ccc(-c5cn(C)c(C(=O)Nc6ccccc6)n5)cc4)n(C)c3)c(C)cc2C(=O)N2CCCC[C@H]2C1OC1CCCCO1. The maximum atomic E-state index is 14.2. The second-order valence-corrected chi connectivity index (χ2v) is 17.2. The van der Waals surface area contributed by atoms with E-state index in [2.05, 4.69) is 22.2 Å². The summed E-state index contributed by atoms with van der Waals surface area (Å²) in [6.45, 7) is 6.78. The van der Waals surface area contributed by atoms with Gasteiger partial charge >= 0.3 is 6.09 Å². The Bertz CT molecular complexity index is 2620. The minimum Gasteiger partial charge on any atom is -0.493 e. The second-order valence-electron chi connectivity index (χ2n) is 17.2. The number of anilines is 3. The van der Waals surface area contributed by atoms with Crippen molar-refractivity contribution in [1.29, 1.82) is 0 Å². The molecule has 0 aliphatic carbocycles. The van der Waals surface area contributed by atoms with Crippen molar-refractivity contribution in [1.82, 2.24) is 19.0 Å². The number of hydrogen-bond donors (Lipinski definition) is 2. The quantitative estimate of drug-likeness (QED) is 0.0558.